The van der Waals surface area contributed by atoms with Gasteiger partial charge in [0.2, 0.25) is 0 Å². The molecule has 1 saturated heterocycles. The molecular formula is C18H21ClN4O4S. The smallest absolute Gasteiger partial charge is 0.414 e. The van der Waals surface area contributed by atoms with Crippen molar-refractivity contribution in [3.63, 3.8) is 0 Å². The van der Waals surface area contributed by atoms with Gasteiger partial charge in [-0.15, -0.1) is 11.3 Å². The maximum Gasteiger partial charge on any atom is 0.414 e. The fourth-order valence-electron chi connectivity index (χ4n) is 2.68. The molecule has 2 aromatic rings. The molecule has 1 aromatic heterocycles. The Bertz CT molecular complexity index is 814. The lowest BCUT2D eigenvalue weighted by atomic mass is 10.2. The maximum absolute atomic E-state index is 12.2. The van der Waals surface area contributed by atoms with Crippen LogP contribution in [0.5, 0.6) is 0 Å². The summed E-state index contributed by atoms with van der Waals surface area (Å²) in [5, 5.41) is 5.98. The quantitative estimate of drug-likeness (QED) is 0.423. The summed E-state index contributed by atoms with van der Waals surface area (Å²) in [5.41, 5.74) is 4.27. The Balaban J connectivity index is 1.49. The second-order valence-corrected chi connectivity index (χ2v) is 7.67. The van der Waals surface area contributed by atoms with Gasteiger partial charge in [0.1, 0.15) is 6.10 Å². The van der Waals surface area contributed by atoms with Gasteiger partial charge in [-0.2, -0.15) is 0 Å². The van der Waals surface area contributed by atoms with Crippen LogP contribution in [0.2, 0.25) is 4.34 Å². The zero-order valence-electron chi connectivity index (χ0n) is 15.2. The summed E-state index contributed by atoms with van der Waals surface area (Å²) in [7, 11) is 1.71. The van der Waals surface area contributed by atoms with Crippen LogP contribution in [0.25, 0.3) is 0 Å². The molecule has 150 valence electrons. The molecule has 28 heavy (non-hydrogen) atoms. The first-order chi connectivity index (χ1) is 13.6. The zero-order chi connectivity index (χ0) is 19.9. The van der Waals surface area contributed by atoms with Crippen LogP contribution in [-0.4, -0.2) is 51.4 Å². The number of nitrogens with one attached hydrogen (secondary N) is 3. The lowest BCUT2D eigenvalue weighted by Gasteiger charge is -2.14. The predicted octanol–water partition coefficient (Wildman–Crippen LogP) is 2.72. The molecule has 1 aromatic carbocycles. The monoisotopic (exact) mass is 424 g/mol. The molecule has 0 aliphatic carbocycles. The highest BCUT2D eigenvalue weighted by atomic mass is 35.5. The number of cyclic esters (lactones) is 1. The normalized spacial score (nSPS) is 16.1. The molecule has 0 saturated carbocycles. The molecule has 3 rings (SSSR count). The summed E-state index contributed by atoms with van der Waals surface area (Å²) in [6.07, 6.45) is -0.843. The van der Waals surface area contributed by atoms with Crippen molar-refractivity contribution >= 4 is 46.3 Å². The van der Waals surface area contributed by atoms with Gasteiger partial charge in [-0.05, 0) is 36.4 Å². The number of amides is 2. The molecule has 1 fully saturated rings. The van der Waals surface area contributed by atoms with E-state index in [1.54, 1.807) is 24.1 Å². The van der Waals surface area contributed by atoms with Crippen LogP contribution in [0.3, 0.4) is 0 Å². The average Bonchev–Trinajstić information content (AvgIpc) is 3.29. The maximum atomic E-state index is 12.2. The zero-order valence-corrected chi connectivity index (χ0v) is 16.8. The van der Waals surface area contributed by atoms with Crippen LogP contribution in [0, 0.1) is 0 Å². The molecule has 0 spiro atoms. The van der Waals surface area contributed by atoms with E-state index in [9.17, 15) is 9.59 Å². The number of benzene rings is 1. The van der Waals surface area contributed by atoms with Gasteiger partial charge < -0.3 is 20.2 Å². The molecule has 1 atom stereocenters. The third-order valence-corrected chi connectivity index (χ3v) is 5.25. The van der Waals surface area contributed by atoms with Crippen molar-refractivity contribution in [2.45, 2.75) is 6.10 Å². The van der Waals surface area contributed by atoms with E-state index in [4.69, 9.17) is 21.2 Å². The molecule has 1 aliphatic heterocycles. The standard InChI is InChI=1S/C18H21ClN4O4S/c1-20-26-9-8-21-12-2-4-13(5-3-12)23-11-14(27-18(23)25)10-22-17(24)15-6-7-16(19)28-15/h2-7,14,20-21H,8-11H2,1H3,(H,22,24). The molecule has 10 heteroatoms. The van der Waals surface area contributed by atoms with Gasteiger partial charge in [0.25, 0.3) is 5.91 Å². The number of halogens is 1. The summed E-state index contributed by atoms with van der Waals surface area (Å²) in [4.78, 5) is 31.4. The predicted molar refractivity (Wildman–Crippen MR) is 109 cm³/mol. The van der Waals surface area contributed by atoms with Crippen LogP contribution in [0.4, 0.5) is 16.2 Å². The van der Waals surface area contributed by atoms with Gasteiger partial charge in [0, 0.05) is 25.0 Å². The van der Waals surface area contributed by atoms with Crippen molar-refractivity contribution in [1.82, 2.24) is 10.8 Å². The van der Waals surface area contributed by atoms with Crippen LogP contribution in [0.15, 0.2) is 36.4 Å². The molecule has 0 radical (unpaired) electrons. The van der Waals surface area contributed by atoms with Gasteiger partial charge in [-0.1, -0.05) is 11.6 Å². The Hall–Kier alpha value is -2.33. The van der Waals surface area contributed by atoms with E-state index >= 15 is 0 Å². The van der Waals surface area contributed by atoms with E-state index in [1.165, 1.54) is 11.3 Å². The highest BCUT2D eigenvalue weighted by Crippen LogP contribution is 2.24. The van der Waals surface area contributed by atoms with E-state index in [-0.39, 0.29) is 12.5 Å². The van der Waals surface area contributed by atoms with E-state index in [1.807, 2.05) is 24.3 Å². The van der Waals surface area contributed by atoms with Crippen LogP contribution in [-0.2, 0) is 9.57 Å². The first kappa shape index (κ1) is 20.4. The Labute approximate surface area is 171 Å². The Morgan fingerprint density at radius 1 is 1.32 bits per heavy atom. The first-order valence-electron chi connectivity index (χ1n) is 8.71. The molecule has 0 bridgehead atoms. The molecule has 1 aliphatic rings. The minimum atomic E-state index is -0.429. The molecule has 8 nitrogen and oxygen atoms in total. The van der Waals surface area contributed by atoms with Crippen molar-refractivity contribution in [2.24, 2.45) is 0 Å². The summed E-state index contributed by atoms with van der Waals surface area (Å²) >= 11 is 7.04. The first-order valence-corrected chi connectivity index (χ1v) is 9.90. The number of rotatable bonds is 9. The number of carbonyl (C=O) groups is 2. The number of ether oxygens (including phenoxy) is 1. The third kappa shape index (κ3) is 5.35. The minimum absolute atomic E-state index is 0.232. The van der Waals surface area contributed by atoms with Gasteiger partial charge in [0.05, 0.1) is 28.9 Å². The SMILES string of the molecule is CNOCCNc1ccc(N2CC(CNC(=O)c3ccc(Cl)s3)OC2=O)cc1. The molecule has 1 unspecified atom stereocenters. The lowest BCUT2D eigenvalue weighted by molar-refractivity contribution is 0.0660. The number of anilines is 2. The number of carbonyl (C=O) groups excluding carboxylic acids is 2. The average molecular weight is 425 g/mol. The van der Waals surface area contributed by atoms with Crippen molar-refractivity contribution in [3.05, 3.63) is 45.6 Å². The molecule has 3 N–H and O–H groups in total. The number of thiophene rings is 1. The largest absolute Gasteiger partial charge is 0.442 e. The van der Waals surface area contributed by atoms with E-state index in [0.717, 1.165) is 11.4 Å². The van der Waals surface area contributed by atoms with Gasteiger partial charge in [-0.3, -0.25) is 9.69 Å². The van der Waals surface area contributed by atoms with Gasteiger partial charge >= 0.3 is 6.09 Å². The molecule has 2 heterocycles. The molecule has 2 amide bonds. The number of hydrogen-bond acceptors (Lipinski definition) is 7. The highest BCUT2D eigenvalue weighted by Gasteiger charge is 2.32. The summed E-state index contributed by atoms with van der Waals surface area (Å²) in [5.74, 6) is -0.232. The van der Waals surface area contributed by atoms with E-state index in [0.29, 0.717) is 28.9 Å². The summed E-state index contributed by atoms with van der Waals surface area (Å²) in [6, 6.07) is 10.8. The van der Waals surface area contributed by atoms with Crippen molar-refractivity contribution in [2.75, 3.05) is 43.5 Å². The Morgan fingerprint density at radius 2 is 2.11 bits per heavy atom. The fourth-order valence-corrected chi connectivity index (χ4v) is 3.64. The van der Waals surface area contributed by atoms with Crippen molar-refractivity contribution in [3.8, 4) is 0 Å². The van der Waals surface area contributed by atoms with Gasteiger partial charge in [-0.25, -0.2) is 10.3 Å². The number of nitrogens with zero attached hydrogens (tertiary/aromatic N) is 1. The van der Waals surface area contributed by atoms with Crippen molar-refractivity contribution < 1.29 is 19.2 Å². The van der Waals surface area contributed by atoms with E-state index in [2.05, 4.69) is 16.1 Å². The van der Waals surface area contributed by atoms with Crippen LogP contribution >= 0.6 is 22.9 Å². The Morgan fingerprint density at radius 3 is 2.79 bits per heavy atom. The minimum Gasteiger partial charge on any atom is -0.442 e. The second kappa shape index (κ2) is 9.74. The summed E-state index contributed by atoms with van der Waals surface area (Å²) < 4.78 is 5.90. The molecular weight excluding hydrogens is 404 g/mol. The lowest BCUT2D eigenvalue weighted by Crippen LogP contribution is -2.34. The van der Waals surface area contributed by atoms with Crippen molar-refractivity contribution in [1.29, 1.82) is 0 Å². The number of hydroxylamine groups is 1. The summed E-state index contributed by atoms with van der Waals surface area (Å²) in [6.45, 7) is 1.79. The Kier molecular flexibility index (Phi) is 7.10. The highest BCUT2D eigenvalue weighted by molar-refractivity contribution is 7.17. The van der Waals surface area contributed by atoms with Gasteiger partial charge in [0.15, 0.2) is 0 Å². The number of hydrogen-bond donors (Lipinski definition) is 3. The third-order valence-electron chi connectivity index (χ3n) is 4.02. The second-order valence-electron chi connectivity index (χ2n) is 5.96. The van der Waals surface area contributed by atoms with Crippen LogP contribution in [0.1, 0.15) is 9.67 Å². The fraction of sp³-hybridized carbons (Fsp3) is 0.333. The topological polar surface area (TPSA) is 91.9 Å². The van der Waals surface area contributed by atoms with Crippen LogP contribution < -0.4 is 21.0 Å². The van der Waals surface area contributed by atoms with E-state index < -0.39 is 12.2 Å².